The second-order valence-corrected chi connectivity index (χ2v) is 10.9. The van der Waals surface area contributed by atoms with Crippen LogP contribution in [0.2, 0.25) is 0 Å². The van der Waals surface area contributed by atoms with E-state index in [1.54, 1.807) is 17.8 Å². The lowest BCUT2D eigenvalue weighted by molar-refractivity contribution is 0.119. The molecule has 0 radical (unpaired) electrons. The minimum absolute atomic E-state index is 0.0854. The summed E-state index contributed by atoms with van der Waals surface area (Å²) in [5.74, 6) is 1.34. The molecule has 2 atom stereocenters. The number of anilines is 1. The number of likely N-dealkylation sites (N-methyl/N-ethyl adjacent to an activating group) is 1. The van der Waals surface area contributed by atoms with Crippen molar-refractivity contribution in [1.82, 2.24) is 29.4 Å². The highest BCUT2D eigenvalue weighted by Gasteiger charge is 2.33. The van der Waals surface area contributed by atoms with Crippen LogP contribution in [-0.2, 0) is 6.42 Å². The lowest BCUT2D eigenvalue weighted by Crippen LogP contribution is -2.55. The highest BCUT2D eigenvalue weighted by Crippen LogP contribution is 2.32. The van der Waals surface area contributed by atoms with Crippen LogP contribution < -0.4 is 14.4 Å². The summed E-state index contributed by atoms with van der Waals surface area (Å²) in [4.78, 5) is 27.0. The van der Waals surface area contributed by atoms with Gasteiger partial charge in [0.2, 0.25) is 0 Å². The van der Waals surface area contributed by atoms with Crippen molar-refractivity contribution in [1.29, 1.82) is 5.26 Å². The Morgan fingerprint density at radius 3 is 2.79 bits per heavy atom. The number of imidazole rings is 1. The topological polar surface area (TPSA) is 132 Å². The molecular formula is C30H34N8O4. The number of likely N-dealkylation sites (tertiary alicyclic amines) is 1. The first kappa shape index (κ1) is 27.5. The lowest BCUT2D eigenvalue weighted by Gasteiger charge is -2.39. The van der Waals surface area contributed by atoms with E-state index < -0.39 is 12.1 Å². The van der Waals surface area contributed by atoms with Crippen LogP contribution in [0.15, 0.2) is 42.6 Å². The van der Waals surface area contributed by atoms with Gasteiger partial charge in [-0.15, -0.1) is 5.10 Å². The number of carboxylic acid groups (broad SMARTS) is 1. The fourth-order valence-corrected chi connectivity index (χ4v) is 6.10. The van der Waals surface area contributed by atoms with E-state index in [0.717, 1.165) is 47.2 Å². The number of carbonyl (C=O) groups is 1. The molecular weight excluding hydrogens is 536 g/mol. The molecule has 2 aliphatic heterocycles. The Hall–Kier alpha value is -4.63. The number of fused-ring (bicyclic) bond motifs is 2. The molecule has 0 aliphatic carbocycles. The zero-order chi connectivity index (χ0) is 29.2. The van der Waals surface area contributed by atoms with Crippen molar-refractivity contribution in [2.45, 2.75) is 37.8 Å². The molecule has 0 unspecified atom stereocenters. The number of amides is 1. The first-order chi connectivity index (χ1) is 20.5. The van der Waals surface area contributed by atoms with E-state index in [9.17, 15) is 15.2 Å². The van der Waals surface area contributed by atoms with E-state index in [-0.39, 0.29) is 25.0 Å². The third-order valence-corrected chi connectivity index (χ3v) is 8.40. The van der Waals surface area contributed by atoms with E-state index in [0.29, 0.717) is 37.6 Å². The van der Waals surface area contributed by atoms with Crippen molar-refractivity contribution < 1.29 is 19.4 Å². The van der Waals surface area contributed by atoms with Crippen LogP contribution in [-0.4, -0.2) is 99.6 Å². The fraction of sp³-hybridized carbons (Fsp3) is 0.433. The second-order valence-electron chi connectivity index (χ2n) is 10.9. The summed E-state index contributed by atoms with van der Waals surface area (Å²) in [7, 11) is 3.77. The van der Waals surface area contributed by atoms with Crippen LogP contribution in [0.5, 0.6) is 11.8 Å². The number of hydrogen-bond acceptors (Lipinski definition) is 9. The summed E-state index contributed by atoms with van der Waals surface area (Å²) in [6.45, 7) is 2.47. The van der Waals surface area contributed by atoms with Crippen molar-refractivity contribution in [3.63, 3.8) is 0 Å². The molecule has 2 aromatic heterocycles. The third kappa shape index (κ3) is 5.23. The highest BCUT2D eigenvalue weighted by molar-refractivity contribution is 5.88. The van der Waals surface area contributed by atoms with Crippen LogP contribution in [0.1, 0.15) is 30.5 Å². The number of rotatable bonds is 8. The Balaban J connectivity index is 1.40. The molecule has 1 amide bonds. The molecule has 0 spiro atoms. The Labute approximate surface area is 243 Å². The molecule has 42 heavy (non-hydrogen) atoms. The molecule has 0 bridgehead atoms. The molecule has 0 saturated carbocycles. The molecule has 4 aromatic rings. The van der Waals surface area contributed by atoms with Gasteiger partial charge < -0.3 is 29.3 Å². The van der Waals surface area contributed by atoms with Crippen molar-refractivity contribution in [3.8, 4) is 17.8 Å². The normalized spacial score (nSPS) is 19.4. The standard InChI is InChI=1S/C30H34N8O4/c1-35-13-5-7-22(35)19-42-29-33-28(36-14-15-37(30(39)40)21(18-36)11-12-31)27-32-17-23(38(27)34-29)16-25-24-8-4-3-6-20(24)9-10-26(25)41-2/h3-4,6,8-10,17,21-22H,5,7,11,13-16,18-19H2,1-2H3,(H,39,40)/t21-,22-/m0/s1. The van der Waals surface area contributed by atoms with Crippen molar-refractivity contribution >= 4 is 28.3 Å². The molecule has 2 aliphatic rings. The monoisotopic (exact) mass is 570 g/mol. The van der Waals surface area contributed by atoms with Gasteiger partial charge in [-0.2, -0.15) is 10.2 Å². The number of ether oxygens (including phenoxy) is 2. The number of benzene rings is 2. The smallest absolute Gasteiger partial charge is 0.407 e. The molecule has 12 nitrogen and oxygen atoms in total. The Morgan fingerprint density at radius 1 is 1.17 bits per heavy atom. The maximum Gasteiger partial charge on any atom is 0.407 e. The number of methoxy groups -OCH3 is 1. The first-order valence-corrected chi connectivity index (χ1v) is 14.2. The summed E-state index contributed by atoms with van der Waals surface area (Å²) >= 11 is 0. The predicted octanol–water partition coefficient (Wildman–Crippen LogP) is 3.43. The molecule has 1 N–H and O–H groups in total. The van der Waals surface area contributed by atoms with Crippen LogP contribution in [0.25, 0.3) is 16.4 Å². The van der Waals surface area contributed by atoms with E-state index in [2.05, 4.69) is 30.1 Å². The Morgan fingerprint density at radius 2 is 2.02 bits per heavy atom. The predicted molar refractivity (Wildman–Crippen MR) is 156 cm³/mol. The minimum Gasteiger partial charge on any atom is -0.496 e. The van der Waals surface area contributed by atoms with Crippen LogP contribution in [0.4, 0.5) is 10.6 Å². The summed E-state index contributed by atoms with van der Waals surface area (Å²) in [5.41, 5.74) is 2.41. The van der Waals surface area contributed by atoms with Crippen molar-refractivity contribution in [2.75, 3.05) is 51.8 Å². The molecule has 2 saturated heterocycles. The zero-order valence-corrected chi connectivity index (χ0v) is 23.8. The van der Waals surface area contributed by atoms with Crippen molar-refractivity contribution in [3.05, 3.63) is 53.9 Å². The number of aromatic nitrogens is 4. The van der Waals surface area contributed by atoms with Crippen LogP contribution in [0, 0.1) is 11.3 Å². The van der Waals surface area contributed by atoms with Gasteiger partial charge in [-0.05, 0) is 43.3 Å². The highest BCUT2D eigenvalue weighted by atomic mass is 16.5. The van der Waals surface area contributed by atoms with Gasteiger partial charge in [-0.1, -0.05) is 30.3 Å². The van der Waals surface area contributed by atoms with Gasteiger partial charge in [0.25, 0.3) is 0 Å². The molecule has 6 rings (SSSR count). The van der Waals surface area contributed by atoms with Gasteiger partial charge in [-0.3, -0.25) is 0 Å². The van der Waals surface area contributed by atoms with Gasteiger partial charge in [0, 0.05) is 37.7 Å². The van der Waals surface area contributed by atoms with E-state index in [1.807, 2.05) is 29.2 Å². The molecule has 12 heteroatoms. The third-order valence-electron chi connectivity index (χ3n) is 8.40. The number of hydrogen-bond donors (Lipinski definition) is 1. The minimum atomic E-state index is -1.03. The maximum atomic E-state index is 11.8. The summed E-state index contributed by atoms with van der Waals surface area (Å²) in [6.07, 6.45) is 3.54. The zero-order valence-electron chi connectivity index (χ0n) is 23.8. The Bertz CT molecular complexity index is 1650. The van der Waals surface area contributed by atoms with Gasteiger partial charge in [0.1, 0.15) is 12.4 Å². The fourth-order valence-electron chi connectivity index (χ4n) is 6.10. The number of nitrogens with zero attached hydrogens (tertiary/aromatic N) is 8. The Kier molecular flexibility index (Phi) is 7.67. The number of piperazine rings is 1. The molecule has 218 valence electrons. The van der Waals surface area contributed by atoms with Gasteiger partial charge in [0.05, 0.1) is 37.5 Å². The van der Waals surface area contributed by atoms with E-state index >= 15 is 0 Å². The van der Waals surface area contributed by atoms with Crippen molar-refractivity contribution in [2.24, 2.45) is 0 Å². The lowest BCUT2D eigenvalue weighted by atomic mass is 10.00. The molecule has 2 aromatic carbocycles. The number of nitriles is 1. The molecule has 4 heterocycles. The summed E-state index contributed by atoms with van der Waals surface area (Å²) < 4.78 is 13.7. The van der Waals surface area contributed by atoms with Gasteiger partial charge >= 0.3 is 12.1 Å². The SMILES string of the molecule is COc1ccc2ccccc2c1Cc1cnc2c(N3CCN(C(=O)O)[C@@H](CC#N)C3)nc(OC[C@@H]3CCCN3C)nn12. The van der Waals surface area contributed by atoms with E-state index in [1.165, 1.54) is 4.90 Å². The first-order valence-electron chi connectivity index (χ1n) is 14.2. The van der Waals surface area contributed by atoms with Crippen LogP contribution >= 0.6 is 0 Å². The largest absolute Gasteiger partial charge is 0.496 e. The quantitative estimate of drug-likeness (QED) is 0.336. The summed E-state index contributed by atoms with van der Waals surface area (Å²) in [6, 6.07) is 14.4. The van der Waals surface area contributed by atoms with Crippen LogP contribution in [0.3, 0.4) is 0 Å². The average Bonchev–Trinajstić information content (AvgIpc) is 3.61. The summed E-state index contributed by atoms with van der Waals surface area (Å²) in [5, 5.41) is 26.1. The molecule has 2 fully saturated rings. The average molecular weight is 571 g/mol. The maximum absolute atomic E-state index is 11.8. The van der Waals surface area contributed by atoms with Gasteiger partial charge in [0.15, 0.2) is 11.5 Å². The van der Waals surface area contributed by atoms with Gasteiger partial charge in [-0.25, -0.2) is 14.3 Å². The van der Waals surface area contributed by atoms with E-state index in [4.69, 9.17) is 24.5 Å². The second kappa shape index (κ2) is 11.7.